The van der Waals surface area contributed by atoms with Gasteiger partial charge in [-0.2, -0.15) is 8.42 Å². The third-order valence-corrected chi connectivity index (χ3v) is 4.20. The first-order valence-electron chi connectivity index (χ1n) is 4.50. The standard InChI is InChI=1S/C8H9NO6S/c9-8(7(12)13)1-2(16(14)15)3-4(5(3)8)6(10)11/h3-5H,1,9H2,(H,10,11)(H,12,13)/t3-,4+,5+,8-/m0/s1. The minimum atomic E-state index is -2.57. The van der Waals surface area contributed by atoms with Crippen LogP contribution in [-0.4, -0.2) is 41.0 Å². The number of nitrogens with two attached hydrogens (primary N) is 1. The molecule has 0 heterocycles. The van der Waals surface area contributed by atoms with E-state index in [0.717, 1.165) is 0 Å². The van der Waals surface area contributed by atoms with Gasteiger partial charge in [0, 0.05) is 18.3 Å². The number of hydrogen-bond donors (Lipinski definition) is 3. The molecule has 0 aromatic rings. The molecular weight excluding hydrogens is 238 g/mol. The number of carboxylic acids is 2. The van der Waals surface area contributed by atoms with Crippen LogP contribution >= 0.6 is 0 Å². The molecule has 2 fully saturated rings. The van der Waals surface area contributed by atoms with Crippen molar-refractivity contribution in [3.05, 3.63) is 0 Å². The van der Waals surface area contributed by atoms with Crippen LogP contribution in [0.3, 0.4) is 0 Å². The molecule has 16 heavy (non-hydrogen) atoms. The summed E-state index contributed by atoms with van der Waals surface area (Å²) in [7, 11) is -2.57. The number of fused-ring (bicyclic) bond motifs is 1. The van der Waals surface area contributed by atoms with Crippen molar-refractivity contribution in [1.82, 2.24) is 0 Å². The lowest BCUT2D eigenvalue weighted by Crippen LogP contribution is -2.50. The summed E-state index contributed by atoms with van der Waals surface area (Å²) in [4.78, 5) is 21.7. The first-order chi connectivity index (χ1) is 7.30. The Morgan fingerprint density at radius 2 is 1.94 bits per heavy atom. The summed E-state index contributed by atoms with van der Waals surface area (Å²) in [5.74, 6) is -5.09. The summed E-state index contributed by atoms with van der Waals surface area (Å²) in [6, 6.07) is 0. The fourth-order valence-electron chi connectivity index (χ4n) is 2.57. The van der Waals surface area contributed by atoms with Gasteiger partial charge in [-0.1, -0.05) is 0 Å². The maximum atomic E-state index is 11.0. The lowest BCUT2D eigenvalue weighted by atomic mass is 9.92. The molecule has 0 spiro atoms. The van der Waals surface area contributed by atoms with Crippen molar-refractivity contribution in [3.8, 4) is 0 Å². The number of carbonyl (C=O) groups is 2. The molecule has 0 aromatic heterocycles. The van der Waals surface area contributed by atoms with E-state index in [4.69, 9.17) is 15.9 Å². The highest BCUT2D eigenvalue weighted by Gasteiger charge is 2.73. The zero-order chi connectivity index (χ0) is 12.2. The van der Waals surface area contributed by atoms with Crippen LogP contribution < -0.4 is 5.73 Å². The normalized spacial score (nSPS) is 40.3. The van der Waals surface area contributed by atoms with Crippen LogP contribution in [0.2, 0.25) is 0 Å². The summed E-state index contributed by atoms with van der Waals surface area (Å²) < 4.78 is 21.7. The molecule has 4 atom stereocenters. The third-order valence-electron chi connectivity index (χ3n) is 3.35. The zero-order valence-electron chi connectivity index (χ0n) is 7.95. The van der Waals surface area contributed by atoms with Gasteiger partial charge in [-0.15, -0.1) is 0 Å². The lowest BCUT2D eigenvalue weighted by molar-refractivity contribution is -0.144. The van der Waals surface area contributed by atoms with Crippen molar-refractivity contribution < 1.29 is 28.2 Å². The van der Waals surface area contributed by atoms with Crippen molar-refractivity contribution in [1.29, 1.82) is 0 Å². The highest BCUT2D eigenvalue weighted by molar-refractivity contribution is 7.73. The number of aliphatic carboxylic acids is 2. The Balaban J connectivity index is 2.49. The molecule has 2 rings (SSSR count). The Morgan fingerprint density at radius 3 is 2.31 bits per heavy atom. The van der Waals surface area contributed by atoms with Gasteiger partial charge in [0.1, 0.15) is 5.54 Å². The van der Waals surface area contributed by atoms with E-state index in [0.29, 0.717) is 0 Å². The minimum absolute atomic E-state index is 0.0812. The maximum Gasteiger partial charge on any atom is 0.324 e. The van der Waals surface area contributed by atoms with Crippen molar-refractivity contribution in [2.75, 3.05) is 0 Å². The number of rotatable bonds is 2. The van der Waals surface area contributed by atoms with Crippen LogP contribution in [0.1, 0.15) is 6.42 Å². The fraction of sp³-hybridized carbons (Fsp3) is 0.625. The second-order valence-electron chi connectivity index (χ2n) is 4.14. The van der Waals surface area contributed by atoms with E-state index in [-0.39, 0.29) is 11.3 Å². The Kier molecular flexibility index (Phi) is 2.11. The molecule has 2 aliphatic rings. The van der Waals surface area contributed by atoms with Crippen LogP contribution in [0.4, 0.5) is 0 Å². The van der Waals surface area contributed by atoms with Gasteiger partial charge in [0.25, 0.3) is 0 Å². The van der Waals surface area contributed by atoms with E-state index in [2.05, 4.69) is 0 Å². The Bertz CT molecular complexity index is 515. The van der Waals surface area contributed by atoms with Crippen LogP contribution in [0.25, 0.3) is 0 Å². The topological polar surface area (TPSA) is 135 Å². The summed E-state index contributed by atoms with van der Waals surface area (Å²) in [6.45, 7) is 0. The molecule has 0 aromatic carbocycles. The molecule has 2 aliphatic carbocycles. The second-order valence-corrected chi connectivity index (χ2v) is 5.13. The predicted octanol–water partition coefficient (Wildman–Crippen LogP) is -1.83. The molecule has 0 bridgehead atoms. The average Bonchev–Trinajstić information content (AvgIpc) is 2.81. The minimum Gasteiger partial charge on any atom is -0.481 e. The molecular formula is C8H9NO6S. The van der Waals surface area contributed by atoms with Crippen molar-refractivity contribution in [3.63, 3.8) is 0 Å². The third kappa shape index (κ3) is 1.20. The van der Waals surface area contributed by atoms with Gasteiger partial charge in [0.2, 0.25) is 10.3 Å². The highest BCUT2D eigenvalue weighted by atomic mass is 32.2. The van der Waals surface area contributed by atoms with Gasteiger partial charge >= 0.3 is 11.9 Å². The van der Waals surface area contributed by atoms with Crippen molar-refractivity contribution in [2.45, 2.75) is 12.0 Å². The molecule has 4 N–H and O–H groups in total. The number of hydrogen-bond acceptors (Lipinski definition) is 5. The van der Waals surface area contributed by atoms with E-state index >= 15 is 0 Å². The van der Waals surface area contributed by atoms with Crippen molar-refractivity contribution in [2.24, 2.45) is 23.5 Å². The van der Waals surface area contributed by atoms with Gasteiger partial charge in [0.15, 0.2) is 0 Å². The monoisotopic (exact) mass is 247 g/mol. The van der Waals surface area contributed by atoms with Gasteiger partial charge in [0.05, 0.1) is 10.8 Å². The molecule has 2 saturated carbocycles. The van der Waals surface area contributed by atoms with Gasteiger partial charge in [-0.3, -0.25) is 9.59 Å². The quantitative estimate of drug-likeness (QED) is 0.488. The van der Waals surface area contributed by atoms with Crippen LogP contribution in [0, 0.1) is 17.8 Å². The summed E-state index contributed by atoms with van der Waals surface area (Å²) >= 11 is 0. The molecule has 0 aliphatic heterocycles. The van der Waals surface area contributed by atoms with Gasteiger partial charge in [-0.25, -0.2) is 0 Å². The molecule has 88 valence electrons. The average molecular weight is 247 g/mol. The van der Waals surface area contributed by atoms with E-state index in [9.17, 15) is 18.0 Å². The van der Waals surface area contributed by atoms with Crippen LogP contribution in [-0.2, 0) is 19.9 Å². The Hall–Kier alpha value is -1.41. The van der Waals surface area contributed by atoms with E-state index in [1.165, 1.54) is 0 Å². The molecule has 0 unspecified atom stereocenters. The van der Waals surface area contributed by atoms with Crippen molar-refractivity contribution >= 4 is 27.1 Å². The van der Waals surface area contributed by atoms with E-state index < -0.39 is 45.5 Å². The van der Waals surface area contributed by atoms with E-state index in [1.807, 2.05) is 0 Å². The smallest absolute Gasteiger partial charge is 0.324 e. The Labute approximate surface area is 91.4 Å². The first-order valence-corrected chi connectivity index (χ1v) is 5.58. The second kappa shape index (κ2) is 3.05. The summed E-state index contributed by atoms with van der Waals surface area (Å²) in [6.07, 6.45) is -0.294. The zero-order valence-corrected chi connectivity index (χ0v) is 8.77. The lowest BCUT2D eigenvalue weighted by Gasteiger charge is -2.20. The SMILES string of the molecule is N[C@@]1(C(=O)O)CC(=S(=O)=O)[C@H]2[C@@H](C(=O)O)[C@@H]21. The van der Waals surface area contributed by atoms with E-state index in [1.54, 1.807) is 0 Å². The summed E-state index contributed by atoms with van der Waals surface area (Å²) in [5, 5.41) is 17.7. The predicted molar refractivity (Wildman–Crippen MR) is 51.2 cm³/mol. The molecule has 8 heteroatoms. The molecule has 0 amide bonds. The van der Waals surface area contributed by atoms with Gasteiger partial charge in [-0.05, 0) is 0 Å². The number of carboxylic acid groups (broad SMARTS) is 2. The maximum absolute atomic E-state index is 11.0. The Morgan fingerprint density at radius 1 is 1.38 bits per heavy atom. The molecule has 0 radical (unpaired) electrons. The summed E-state index contributed by atoms with van der Waals surface area (Å²) in [5.41, 5.74) is 3.83. The fourth-order valence-corrected chi connectivity index (χ4v) is 3.44. The first kappa shape index (κ1) is 11.1. The molecule has 7 nitrogen and oxygen atoms in total. The van der Waals surface area contributed by atoms with Crippen LogP contribution in [0.15, 0.2) is 0 Å². The van der Waals surface area contributed by atoms with Gasteiger partial charge < -0.3 is 15.9 Å². The molecule has 0 saturated heterocycles. The highest BCUT2D eigenvalue weighted by Crippen LogP contribution is 2.59. The van der Waals surface area contributed by atoms with Crippen LogP contribution in [0.5, 0.6) is 0 Å². The largest absolute Gasteiger partial charge is 0.481 e.